The summed E-state index contributed by atoms with van der Waals surface area (Å²) >= 11 is 1.56. The molecule has 6 nitrogen and oxygen atoms in total. The fraction of sp³-hybridized carbons (Fsp3) is 0.538. The summed E-state index contributed by atoms with van der Waals surface area (Å²) in [5.41, 5.74) is 2.52. The number of nitrogen functional groups attached to an aromatic ring is 1. The molecule has 0 atom stereocenters. The first kappa shape index (κ1) is 15.0. The van der Waals surface area contributed by atoms with Crippen LogP contribution in [0, 0.1) is 0 Å². The first-order valence-electron chi connectivity index (χ1n) is 6.84. The van der Waals surface area contributed by atoms with Crippen LogP contribution >= 0.6 is 11.3 Å². The number of hydrazine groups is 1. The number of rotatable bonds is 7. The average molecular weight is 295 g/mol. The van der Waals surface area contributed by atoms with Crippen molar-refractivity contribution < 1.29 is 5.11 Å². The molecule has 0 fully saturated rings. The van der Waals surface area contributed by atoms with E-state index in [4.69, 9.17) is 5.84 Å². The monoisotopic (exact) mass is 295 g/mol. The van der Waals surface area contributed by atoms with E-state index in [1.165, 1.54) is 0 Å². The molecule has 0 aliphatic carbocycles. The number of hydrogen-bond donors (Lipinski definition) is 3. The van der Waals surface area contributed by atoms with Crippen molar-refractivity contribution in [2.45, 2.75) is 32.7 Å². The highest BCUT2D eigenvalue weighted by Gasteiger charge is 2.20. The van der Waals surface area contributed by atoms with Crippen molar-refractivity contribution in [2.24, 2.45) is 5.84 Å². The minimum atomic E-state index is 0.0948. The third kappa shape index (κ3) is 2.84. The Labute approximate surface area is 122 Å². The molecule has 0 aromatic carbocycles. The Balaban J connectivity index is 2.53. The van der Waals surface area contributed by atoms with Crippen molar-refractivity contribution in [3.63, 3.8) is 0 Å². The summed E-state index contributed by atoms with van der Waals surface area (Å²) < 4.78 is 0. The molecule has 4 N–H and O–H groups in total. The molecule has 0 aliphatic rings. The topological polar surface area (TPSA) is 87.3 Å². The van der Waals surface area contributed by atoms with Crippen LogP contribution in [0.4, 0.5) is 11.8 Å². The fourth-order valence-electron chi connectivity index (χ4n) is 2.42. The molecule has 0 saturated carbocycles. The van der Waals surface area contributed by atoms with Gasteiger partial charge in [0, 0.05) is 12.6 Å². The van der Waals surface area contributed by atoms with Crippen molar-refractivity contribution in [1.82, 2.24) is 9.97 Å². The lowest BCUT2D eigenvalue weighted by atomic mass is 10.1. The van der Waals surface area contributed by atoms with Gasteiger partial charge in [0.05, 0.1) is 12.0 Å². The van der Waals surface area contributed by atoms with Crippen molar-refractivity contribution in [2.75, 3.05) is 23.5 Å². The third-order valence-corrected chi connectivity index (χ3v) is 4.24. The number of aromatic nitrogens is 2. The van der Waals surface area contributed by atoms with Gasteiger partial charge >= 0.3 is 0 Å². The maximum Gasteiger partial charge on any atom is 0.240 e. The third-order valence-electron chi connectivity index (χ3n) is 3.43. The van der Waals surface area contributed by atoms with Crippen LogP contribution in [0.1, 0.15) is 26.7 Å². The minimum Gasteiger partial charge on any atom is -0.395 e. The van der Waals surface area contributed by atoms with Crippen LogP contribution in [0.25, 0.3) is 10.2 Å². The first-order valence-corrected chi connectivity index (χ1v) is 7.72. The molecule has 110 valence electrons. The lowest BCUT2D eigenvalue weighted by molar-refractivity contribution is 0.295. The number of nitrogens with one attached hydrogen (secondary N) is 1. The Morgan fingerprint density at radius 2 is 2.15 bits per heavy atom. The molecule has 7 heteroatoms. The second-order valence-corrected chi connectivity index (χ2v) is 5.44. The number of thiophene rings is 1. The molecule has 0 bridgehead atoms. The fourth-order valence-corrected chi connectivity index (χ4v) is 3.18. The first-order chi connectivity index (χ1) is 9.74. The largest absolute Gasteiger partial charge is 0.395 e. The maximum absolute atomic E-state index is 9.36. The lowest BCUT2D eigenvalue weighted by Crippen LogP contribution is -2.37. The molecule has 0 spiro atoms. The number of aliphatic hydroxyl groups is 1. The molecule has 0 unspecified atom stereocenters. The van der Waals surface area contributed by atoms with E-state index in [9.17, 15) is 5.11 Å². The summed E-state index contributed by atoms with van der Waals surface area (Å²) in [7, 11) is 0. The molecule has 2 heterocycles. The number of hydrogen-bond acceptors (Lipinski definition) is 7. The molecule has 2 aromatic heterocycles. The molecule has 0 saturated heterocycles. The van der Waals surface area contributed by atoms with Crippen LogP contribution in [0.2, 0.25) is 0 Å². The summed E-state index contributed by atoms with van der Waals surface area (Å²) in [5, 5.41) is 12.4. The Bertz CT molecular complexity index is 555. The quantitative estimate of drug-likeness (QED) is 0.535. The minimum absolute atomic E-state index is 0.0948. The van der Waals surface area contributed by atoms with Crippen LogP contribution in [-0.2, 0) is 0 Å². The van der Waals surface area contributed by atoms with Gasteiger partial charge < -0.3 is 10.0 Å². The molecule has 0 amide bonds. The molecule has 2 rings (SSSR count). The molecular formula is C13H21N5OS. The van der Waals surface area contributed by atoms with Crippen molar-refractivity contribution >= 4 is 33.3 Å². The summed E-state index contributed by atoms with van der Waals surface area (Å²) in [6.07, 6.45) is 2.00. The average Bonchev–Trinajstić information content (AvgIpc) is 2.94. The molecule has 0 aliphatic heterocycles. The van der Waals surface area contributed by atoms with Gasteiger partial charge in [-0.25, -0.2) is 10.8 Å². The standard InChI is InChI=1S/C13H21N5OS/c1-3-9(4-2)18(6-7-19)11-10-5-8-20-12(10)16-13(15-11)17-14/h5,8-9,19H,3-4,6-7,14H2,1-2H3,(H,15,16,17). The van der Waals surface area contributed by atoms with Crippen molar-refractivity contribution in [3.05, 3.63) is 11.4 Å². The Morgan fingerprint density at radius 1 is 1.40 bits per heavy atom. The Kier molecular flexibility index (Phi) is 5.11. The second kappa shape index (κ2) is 6.83. The van der Waals surface area contributed by atoms with Gasteiger partial charge in [0.1, 0.15) is 10.6 Å². The van der Waals surface area contributed by atoms with Gasteiger partial charge in [-0.2, -0.15) is 4.98 Å². The molecule has 0 radical (unpaired) electrons. The number of nitrogens with zero attached hydrogens (tertiary/aromatic N) is 3. The maximum atomic E-state index is 9.36. The van der Waals surface area contributed by atoms with E-state index in [1.54, 1.807) is 11.3 Å². The molecule has 2 aromatic rings. The normalized spacial score (nSPS) is 11.2. The summed E-state index contributed by atoms with van der Waals surface area (Å²) in [6, 6.07) is 2.35. The van der Waals surface area contributed by atoms with Crippen LogP contribution in [-0.4, -0.2) is 34.3 Å². The number of fused-ring (bicyclic) bond motifs is 1. The number of anilines is 2. The molecular weight excluding hydrogens is 274 g/mol. The highest BCUT2D eigenvalue weighted by Crippen LogP contribution is 2.30. The smallest absolute Gasteiger partial charge is 0.240 e. The predicted octanol–water partition coefficient (Wildman–Crippen LogP) is 1.96. The summed E-state index contributed by atoms with van der Waals surface area (Å²) in [5.74, 6) is 6.70. The second-order valence-electron chi connectivity index (χ2n) is 4.54. The van der Waals surface area contributed by atoms with Gasteiger partial charge in [0.2, 0.25) is 5.95 Å². The van der Waals surface area contributed by atoms with Crippen molar-refractivity contribution in [3.8, 4) is 0 Å². The van der Waals surface area contributed by atoms with Gasteiger partial charge in [0.15, 0.2) is 0 Å². The van der Waals surface area contributed by atoms with E-state index in [0.717, 1.165) is 28.9 Å². The predicted molar refractivity (Wildman–Crippen MR) is 84.0 cm³/mol. The van der Waals surface area contributed by atoms with E-state index in [0.29, 0.717) is 18.5 Å². The Hall–Kier alpha value is -1.44. The highest BCUT2D eigenvalue weighted by atomic mass is 32.1. The van der Waals surface area contributed by atoms with Crippen LogP contribution in [0.3, 0.4) is 0 Å². The van der Waals surface area contributed by atoms with Crippen molar-refractivity contribution in [1.29, 1.82) is 0 Å². The van der Waals surface area contributed by atoms with E-state index in [1.807, 2.05) is 11.4 Å². The van der Waals surface area contributed by atoms with Gasteiger partial charge in [-0.05, 0) is 24.3 Å². The van der Waals surface area contributed by atoms with Crippen LogP contribution < -0.4 is 16.2 Å². The SMILES string of the molecule is CCC(CC)N(CCO)c1nc(NN)nc2sccc12. The zero-order valence-electron chi connectivity index (χ0n) is 11.8. The van der Waals surface area contributed by atoms with Gasteiger partial charge in [0.25, 0.3) is 0 Å². The van der Waals surface area contributed by atoms with E-state index < -0.39 is 0 Å². The highest BCUT2D eigenvalue weighted by molar-refractivity contribution is 7.16. The van der Waals surface area contributed by atoms with Crippen LogP contribution in [0.15, 0.2) is 11.4 Å². The van der Waals surface area contributed by atoms with E-state index in [2.05, 4.69) is 34.1 Å². The lowest BCUT2D eigenvalue weighted by Gasteiger charge is -2.31. The van der Waals surface area contributed by atoms with Gasteiger partial charge in [-0.1, -0.05) is 13.8 Å². The van der Waals surface area contributed by atoms with E-state index in [-0.39, 0.29) is 6.61 Å². The summed E-state index contributed by atoms with van der Waals surface area (Å²) in [6.45, 7) is 4.94. The number of aliphatic hydroxyl groups excluding tert-OH is 1. The zero-order chi connectivity index (χ0) is 14.5. The Morgan fingerprint density at radius 3 is 2.75 bits per heavy atom. The van der Waals surface area contributed by atoms with Gasteiger partial charge in [-0.3, -0.25) is 5.43 Å². The van der Waals surface area contributed by atoms with E-state index >= 15 is 0 Å². The zero-order valence-corrected chi connectivity index (χ0v) is 12.7. The molecule has 20 heavy (non-hydrogen) atoms. The number of nitrogens with two attached hydrogens (primary N) is 1. The summed E-state index contributed by atoms with van der Waals surface area (Å²) in [4.78, 5) is 11.9. The van der Waals surface area contributed by atoms with Gasteiger partial charge in [-0.15, -0.1) is 11.3 Å². The van der Waals surface area contributed by atoms with Crippen LogP contribution in [0.5, 0.6) is 0 Å².